The molecule has 0 spiro atoms. The largest absolute Gasteiger partial charge is 0.463 e. The van der Waals surface area contributed by atoms with E-state index in [-0.39, 0.29) is 11.8 Å². The first-order valence-corrected chi connectivity index (χ1v) is 8.50. The van der Waals surface area contributed by atoms with E-state index in [9.17, 15) is 9.59 Å². The number of carbonyl (C=O) groups is 2. The maximum atomic E-state index is 12.3. The van der Waals surface area contributed by atoms with Crippen molar-refractivity contribution in [3.63, 3.8) is 0 Å². The van der Waals surface area contributed by atoms with Crippen LogP contribution in [0.3, 0.4) is 0 Å². The molecule has 24 heavy (non-hydrogen) atoms. The van der Waals surface area contributed by atoms with Crippen LogP contribution in [-0.4, -0.2) is 37.1 Å². The van der Waals surface area contributed by atoms with Crippen LogP contribution in [0.5, 0.6) is 0 Å². The second kappa shape index (κ2) is 7.44. The second-order valence-electron chi connectivity index (χ2n) is 5.33. The van der Waals surface area contributed by atoms with Gasteiger partial charge in [0.1, 0.15) is 0 Å². The van der Waals surface area contributed by atoms with Crippen molar-refractivity contribution in [1.82, 2.24) is 4.90 Å². The van der Waals surface area contributed by atoms with E-state index in [0.717, 1.165) is 36.5 Å². The first-order chi connectivity index (χ1) is 11.7. The Balaban J connectivity index is 1.73. The van der Waals surface area contributed by atoms with Crippen molar-refractivity contribution in [2.24, 2.45) is 0 Å². The molecule has 2 amide bonds. The quantitative estimate of drug-likeness (QED) is 0.852. The third kappa shape index (κ3) is 3.73. The van der Waals surface area contributed by atoms with Gasteiger partial charge in [0.15, 0.2) is 5.09 Å². The molecule has 1 saturated heterocycles. The van der Waals surface area contributed by atoms with Crippen molar-refractivity contribution in [1.29, 1.82) is 0 Å². The molecule has 1 N–H and O–H groups in total. The van der Waals surface area contributed by atoms with Gasteiger partial charge in [0.2, 0.25) is 5.76 Å². The molecule has 1 aliphatic rings. The lowest BCUT2D eigenvalue weighted by molar-refractivity contribution is 0.0559. The molecule has 1 aromatic heterocycles. The van der Waals surface area contributed by atoms with E-state index in [4.69, 9.17) is 4.42 Å². The summed E-state index contributed by atoms with van der Waals surface area (Å²) in [6, 6.07) is 10.7. The maximum Gasteiger partial charge on any atom is 0.374 e. The average Bonchev–Trinajstić information content (AvgIpc) is 3.27. The number of hydrogen-bond donors (Lipinski definition) is 1. The smallest absolute Gasteiger partial charge is 0.374 e. The number of anilines is 1. The molecule has 1 aliphatic heterocycles. The van der Waals surface area contributed by atoms with Gasteiger partial charge in [-0.25, -0.2) is 9.59 Å². The number of hydrogen-bond acceptors (Lipinski definition) is 5. The van der Waals surface area contributed by atoms with Crippen LogP contribution in [0.15, 0.2) is 50.8 Å². The summed E-state index contributed by atoms with van der Waals surface area (Å²) < 4.78 is 10.1. The molecule has 0 radical (unpaired) electrons. The first-order valence-electron chi connectivity index (χ1n) is 7.68. The molecule has 2 aromatic rings. The van der Waals surface area contributed by atoms with Gasteiger partial charge in [-0.1, -0.05) is 12.1 Å². The molecule has 2 heterocycles. The van der Waals surface area contributed by atoms with E-state index in [0.29, 0.717) is 5.09 Å². The second-order valence-corrected chi connectivity index (χ2v) is 6.38. The number of benzene rings is 1. The Labute approximate surface area is 144 Å². The van der Waals surface area contributed by atoms with Crippen LogP contribution in [0.1, 0.15) is 23.4 Å². The number of methoxy groups -OCH3 is 1. The Morgan fingerprint density at radius 1 is 1.17 bits per heavy atom. The molecule has 0 saturated carbocycles. The molecule has 6 nitrogen and oxygen atoms in total. The number of furan rings is 1. The molecule has 1 fully saturated rings. The zero-order valence-corrected chi connectivity index (χ0v) is 14.1. The Hall–Kier alpha value is -2.41. The number of urea groups is 1. The number of likely N-dealkylation sites (tertiary alicyclic amines) is 1. The van der Waals surface area contributed by atoms with Gasteiger partial charge < -0.3 is 19.4 Å². The van der Waals surface area contributed by atoms with Crippen molar-refractivity contribution >= 4 is 29.4 Å². The average molecular weight is 346 g/mol. The van der Waals surface area contributed by atoms with E-state index in [1.807, 2.05) is 29.2 Å². The van der Waals surface area contributed by atoms with Gasteiger partial charge in [-0.3, -0.25) is 0 Å². The predicted molar refractivity (Wildman–Crippen MR) is 90.4 cm³/mol. The summed E-state index contributed by atoms with van der Waals surface area (Å²) in [5.74, 6) is -0.365. The highest BCUT2D eigenvalue weighted by Crippen LogP contribution is 2.34. The number of para-hydroxylation sites is 1. The summed E-state index contributed by atoms with van der Waals surface area (Å²) in [6.45, 7) is 1.59. The van der Waals surface area contributed by atoms with Gasteiger partial charge in [0, 0.05) is 18.0 Å². The minimum atomic E-state index is -0.516. The normalized spacial score (nSPS) is 13.8. The zero-order valence-electron chi connectivity index (χ0n) is 13.3. The lowest BCUT2D eigenvalue weighted by atomic mass is 10.3. The van der Waals surface area contributed by atoms with Gasteiger partial charge in [-0.05, 0) is 48.9 Å². The zero-order chi connectivity index (χ0) is 16.9. The van der Waals surface area contributed by atoms with Crippen LogP contribution in [0, 0.1) is 0 Å². The predicted octanol–water partition coefficient (Wildman–Crippen LogP) is 3.85. The number of nitrogens with zero attached hydrogens (tertiary/aromatic N) is 1. The summed E-state index contributed by atoms with van der Waals surface area (Å²) in [5.41, 5.74) is 0.718. The number of rotatable bonds is 4. The van der Waals surface area contributed by atoms with E-state index in [1.54, 1.807) is 12.1 Å². The lowest BCUT2D eigenvalue weighted by Crippen LogP contribution is -2.32. The highest BCUT2D eigenvalue weighted by Gasteiger charge is 2.19. The lowest BCUT2D eigenvalue weighted by Gasteiger charge is -2.17. The fourth-order valence-electron chi connectivity index (χ4n) is 2.47. The van der Waals surface area contributed by atoms with Gasteiger partial charge in [-0.2, -0.15) is 0 Å². The summed E-state index contributed by atoms with van der Waals surface area (Å²) in [6.07, 6.45) is 2.10. The Morgan fingerprint density at radius 3 is 2.67 bits per heavy atom. The fourth-order valence-corrected chi connectivity index (χ4v) is 3.33. The molecular weight excluding hydrogens is 328 g/mol. The number of carbonyl (C=O) groups excluding carboxylic acids is 2. The third-order valence-electron chi connectivity index (χ3n) is 3.70. The van der Waals surface area contributed by atoms with Crippen molar-refractivity contribution in [2.45, 2.75) is 22.8 Å². The van der Waals surface area contributed by atoms with E-state index < -0.39 is 5.97 Å². The molecule has 126 valence electrons. The molecule has 0 aliphatic carbocycles. The van der Waals surface area contributed by atoms with Gasteiger partial charge in [-0.15, -0.1) is 0 Å². The van der Waals surface area contributed by atoms with Crippen LogP contribution in [0.2, 0.25) is 0 Å². The molecule has 0 unspecified atom stereocenters. The topological polar surface area (TPSA) is 71.8 Å². The maximum absolute atomic E-state index is 12.3. The first kappa shape index (κ1) is 16.4. The number of ether oxygens (including phenoxy) is 1. The molecule has 1 aromatic carbocycles. The van der Waals surface area contributed by atoms with E-state index >= 15 is 0 Å². The van der Waals surface area contributed by atoms with Crippen LogP contribution >= 0.6 is 11.8 Å². The van der Waals surface area contributed by atoms with Crippen molar-refractivity contribution < 1.29 is 18.7 Å². The Bertz CT molecular complexity index is 738. The van der Waals surface area contributed by atoms with Crippen LogP contribution in [0.25, 0.3) is 0 Å². The van der Waals surface area contributed by atoms with Gasteiger partial charge in [0.25, 0.3) is 0 Å². The highest BCUT2D eigenvalue weighted by atomic mass is 32.2. The summed E-state index contributed by atoms with van der Waals surface area (Å²) >= 11 is 1.34. The summed E-state index contributed by atoms with van der Waals surface area (Å²) in [5, 5.41) is 3.50. The number of amides is 2. The molecule has 7 heteroatoms. The number of esters is 1. The van der Waals surface area contributed by atoms with Crippen LogP contribution in [-0.2, 0) is 4.74 Å². The van der Waals surface area contributed by atoms with Crippen LogP contribution < -0.4 is 5.32 Å². The van der Waals surface area contributed by atoms with Crippen molar-refractivity contribution in [3.05, 3.63) is 42.2 Å². The Morgan fingerprint density at radius 2 is 1.92 bits per heavy atom. The molecule has 0 bridgehead atoms. The summed E-state index contributed by atoms with van der Waals surface area (Å²) in [4.78, 5) is 26.4. The van der Waals surface area contributed by atoms with Crippen molar-refractivity contribution in [2.75, 3.05) is 25.5 Å². The fraction of sp³-hybridized carbons (Fsp3) is 0.294. The molecular formula is C17H18N2O4S. The van der Waals surface area contributed by atoms with Gasteiger partial charge >= 0.3 is 12.0 Å². The minimum Gasteiger partial charge on any atom is -0.463 e. The van der Waals surface area contributed by atoms with Crippen LogP contribution in [0.4, 0.5) is 10.5 Å². The van der Waals surface area contributed by atoms with E-state index in [1.165, 1.54) is 18.9 Å². The monoisotopic (exact) mass is 346 g/mol. The molecule has 0 atom stereocenters. The van der Waals surface area contributed by atoms with Gasteiger partial charge in [0.05, 0.1) is 12.8 Å². The standard InChI is InChI=1S/C17H18N2O4S/c1-22-16(20)13-8-9-15(23-13)24-14-7-3-2-6-12(14)18-17(21)19-10-4-5-11-19/h2-3,6-9H,4-5,10-11H2,1H3,(H,18,21). The Kier molecular flexibility index (Phi) is 5.10. The summed E-state index contributed by atoms with van der Waals surface area (Å²) in [7, 11) is 1.31. The minimum absolute atomic E-state index is 0.0877. The van der Waals surface area contributed by atoms with Crippen molar-refractivity contribution in [3.8, 4) is 0 Å². The third-order valence-corrected chi connectivity index (χ3v) is 4.70. The van der Waals surface area contributed by atoms with E-state index in [2.05, 4.69) is 10.1 Å². The number of nitrogens with one attached hydrogen (secondary N) is 1. The molecule has 3 rings (SSSR count). The SMILES string of the molecule is COC(=O)c1ccc(Sc2ccccc2NC(=O)N2CCCC2)o1. The highest BCUT2D eigenvalue weighted by molar-refractivity contribution is 7.99.